The number of halogens is 1. The molecule has 0 bridgehead atoms. The van der Waals surface area contributed by atoms with E-state index in [9.17, 15) is 0 Å². The van der Waals surface area contributed by atoms with Gasteiger partial charge in [0.1, 0.15) is 5.82 Å². The van der Waals surface area contributed by atoms with Crippen molar-refractivity contribution in [3.8, 4) is 5.82 Å². The molecule has 1 N–H and O–H groups in total. The summed E-state index contributed by atoms with van der Waals surface area (Å²) in [5.74, 6) is 0.846. The summed E-state index contributed by atoms with van der Waals surface area (Å²) in [4.78, 5) is 11.6. The minimum atomic E-state index is -0.00903. The van der Waals surface area contributed by atoms with Gasteiger partial charge in [-0.15, -0.1) is 0 Å². The van der Waals surface area contributed by atoms with Gasteiger partial charge in [0.2, 0.25) is 0 Å². The van der Waals surface area contributed by atoms with Crippen molar-refractivity contribution in [2.24, 2.45) is 0 Å². The van der Waals surface area contributed by atoms with Crippen LogP contribution in [0.3, 0.4) is 0 Å². The van der Waals surface area contributed by atoms with E-state index in [-0.39, 0.29) is 12.1 Å². The normalized spacial score (nSPS) is 22.2. The number of pyridine rings is 2. The van der Waals surface area contributed by atoms with Gasteiger partial charge in [0.25, 0.3) is 0 Å². The Bertz CT molecular complexity index is 998. The lowest BCUT2D eigenvalue weighted by atomic mass is 9.99. The molecule has 0 amide bonds. The van der Waals surface area contributed by atoms with Gasteiger partial charge in [-0.3, -0.25) is 4.98 Å². The smallest absolute Gasteiger partial charge is 0.170 e. The third kappa shape index (κ3) is 3.40. The first kappa shape index (κ1) is 18.6. The van der Waals surface area contributed by atoms with Crippen molar-refractivity contribution < 1.29 is 0 Å². The molecule has 1 aliphatic carbocycles. The lowest BCUT2D eigenvalue weighted by molar-refractivity contribution is 0.239. The summed E-state index contributed by atoms with van der Waals surface area (Å²) in [7, 11) is 0. The molecule has 1 saturated heterocycles. The molecule has 1 saturated carbocycles. The van der Waals surface area contributed by atoms with Gasteiger partial charge in [-0.1, -0.05) is 30.5 Å². The Morgan fingerprint density at radius 3 is 2.62 bits per heavy atom. The summed E-state index contributed by atoms with van der Waals surface area (Å²) in [5, 5.41) is 5.01. The maximum Gasteiger partial charge on any atom is 0.170 e. The van der Waals surface area contributed by atoms with Crippen molar-refractivity contribution in [2.45, 2.75) is 43.8 Å². The van der Waals surface area contributed by atoms with Crippen LogP contribution in [0, 0.1) is 0 Å². The van der Waals surface area contributed by atoms with E-state index in [1.165, 1.54) is 25.7 Å². The summed E-state index contributed by atoms with van der Waals surface area (Å²) in [5.41, 5.74) is 2.15. The van der Waals surface area contributed by atoms with Gasteiger partial charge in [0.05, 0.1) is 22.8 Å². The first-order valence-electron chi connectivity index (χ1n) is 10.0. The topological polar surface area (TPSA) is 46.0 Å². The van der Waals surface area contributed by atoms with Crippen molar-refractivity contribution in [1.82, 2.24) is 24.8 Å². The van der Waals surface area contributed by atoms with E-state index < -0.39 is 0 Å². The van der Waals surface area contributed by atoms with Crippen molar-refractivity contribution >= 4 is 28.9 Å². The molecule has 0 spiro atoms. The summed E-state index contributed by atoms with van der Waals surface area (Å²) in [6, 6.07) is 14.6. The van der Waals surface area contributed by atoms with Gasteiger partial charge in [0.15, 0.2) is 5.11 Å². The number of thiocarbonyl (C=S) groups is 1. The van der Waals surface area contributed by atoms with Crippen LogP contribution in [0.5, 0.6) is 0 Å². The van der Waals surface area contributed by atoms with E-state index in [0.717, 1.165) is 22.3 Å². The third-order valence-corrected chi connectivity index (χ3v) is 6.45. The van der Waals surface area contributed by atoms with Crippen LogP contribution in [-0.2, 0) is 0 Å². The molecule has 3 aromatic rings. The maximum atomic E-state index is 6.06. The molecule has 5 nitrogen and oxygen atoms in total. The SMILES string of the molecule is S=C1N[C@@H](c2ccccn2)[C@H](c2cccn2-c2ccc(Cl)cn2)N1C1CCCC1. The third-order valence-electron chi connectivity index (χ3n) is 5.90. The number of nitrogens with zero attached hydrogens (tertiary/aromatic N) is 4. The molecule has 148 valence electrons. The molecule has 0 unspecified atom stereocenters. The zero-order valence-corrected chi connectivity index (χ0v) is 17.5. The average Bonchev–Trinajstić information content (AvgIpc) is 3.48. The summed E-state index contributed by atoms with van der Waals surface area (Å²) >= 11 is 11.9. The first-order valence-corrected chi connectivity index (χ1v) is 10.8. The van der Waals surface area contributed by atoms with E-state index in [1.807, 2.05) is 30.5 Å². The Labute approximate surface area is 180 Å². The predicted molar refractivity (Wildman–Crippen MR) is 118 cm³/mol. The monoisotopic (exact) mass is 423 g/mol. The Balaban J connectivity index is 1.61. The van der Waals surface area contributed by atoms with Crippen LogP contribution in [0.2, 0.25) is 5.02 Å². The zero-order valence-electron chi connectivity index (χ0n) is 15.9. The van der Waals surface area contributed by atoms with Crippen LogP contribution in [0.4, 0.5) is 0 Å². The molecule has 4 heterocycles. The molecule has 1 aliphatic heterocycles. The molecule has 29 heavy (non-hydrogen) atoms. The minimum absolute atomic E-state index is 0.00903. The number of rotatable bonds is 4. The fourth-order valence-electron chi connectivity index (χ4n) is 4.61. The van der Waals surface area contributed by atoms with Gasteiger partial charge >= 0.3 is 0 Å². The van der Waals surface area contributed by atoms with E-state index in [0.29, 0.717) is 11.1 Å². The first-order chi connectivity index (χ1) is 14.2. The second-order valence-electron chi connectivity index (χ2n) is 7.61. The number of hydrogen-bond acceptors (Lipinski definition) is 3. The van der Waals surface area contributed by atoms with Gasteiger partial charge in [0, 0.05) is 30.3 Å². The molecule has 2 fully saturated rings. The highest BCUT2D eigenvalue weighted by Gasteiger charge is 2.44. The molecule has 0 aromatic carbocycles. The molecule has 0 radical (unpaired) electrons. The Hall–Kier alpha value is -2.44. The van der Waals surface area contributed by atoms with E-state index >= 15 is 0 Å². The van der Waals surface area contributed by atoms with Crippen molar-refractivity contribution in [2.75, 3.05) is 0 Å². The van der Waals surface area contributed by atoms with Crippen LogP contribution >= 0.6 is 23.8 Å². The molecule has 2 aliphatic rings. The Morgan fingerprint density at radius 1 is 1.03 bits per heavy atom. The van der Waals surface area contributed by atoms with Gasteiger partial charge in [-0.25, -0.2) is 4.98 Å². The predicted octanol–water partition coefficient (Wildman–Crippen LogP) is 4.84. The standard InChI is InChI=1S/C22H22ClN5S/c23-15-10-11-19(25-14-15)27-13-5-9-18(27)21-20(17-8-3-4-12-24-17)26-22(29)28(21)16-6-1-2-7-16/h3-5,8-14,16,20-21H,1-2,6-7H2,(H,26,29)/t20-,21-/m0/s1. The fraction of sp³-hybridized carbons (Fsp3) is 0.318. The number of aromatic nitrogens is 3. The van der Waals surface area contributed by atoms with Gasteiger partial charge in [-0.05, 0) is 61.5 Å². The van der Waals surface area contributed by atoms with Gasteiger partial charge in [-0.2, -0.15) is 0 Å². The van der Waals surface area contributed by atoms with Crippen LogP contribution in [0.1, 0.15) is 49.2 Å². The number of hydrogen-bond donors (Lipinski definition) is 1. The van der Waals surface area contributed by atoms with Crippen molar-refractivity contribution in [3.63, 3.8) is 0 Å². The second kappa shape index (κ2) is 7.76. The maximum absolute atomic E-state index is 6.06. The van der Waals surface area contributed by atoms with E-state index in [4.69, 9.17) is 23.8 Å². The van der Waals surface area contributed by atoms with Crippen LogP contribution in [0.25, 0.3) is 5.82 Å². The van der Waals surface area contributed by atoms with Crippen LogP contribution in [-0.4, -0.2) is 30.6 Å². The molecule has 3 aromatic heterocycles. The Morgan fingerprint density at radius 2 is 1.90 bits per heavy atom. The summed E-state index contributed by atoms with van der Waals surface area (Å²) in [6.07, 6.45) is 10.4. The summed E-state index contributed by atoms with van der Waals surface area (Å²) < 4.78 is 2.13. The molecule has 2 atom stereocenters. The zero-order chi connectivity index (χ0) is 19.8. The molecular formula is C22H22ClN5S. The van der Waals surface area contributed by atoms with Gasteiger partial charge < -0.3 is 14.8 Å². The van der Waals surface area contributed by atoms with Crippen molar-refractivity contribution in [1.29, 1.82) is 0 Å². The molecule has 7 heteroatoms. The minimum Gasteiger partial charge on any atom is -0.352 e. The lowest BCUT2D eigenvalue weighted by Gasteiger charge is -2.33. The van der Waals surface area contributed by atoms with Crippen LogP contribution < -0.4 is 5.32 Å². The fourth-order valence-corrected chi connectivity index (χ4v) is 5.11. The highest BCUT2D eigenvalue weighted by molar-refractivity contribution is 7.80. The Kier molecular flexibility index (Phi) is 4.97. The number of nitrogens with one attached hydrogen (secondary N) is 1. The van der Waals surface area contributed by atoms with Crippen molar-refractivity contribution in [3.05, 3.63) is 77.5 Å². The quantitative estimate of drug-likeness (QED) is 0.608. The highest BCUT2D eigenvalue weighted by atomic mass is 35.5. The summed E-state index contributed by atoms with van der Waals surface area (Å²) in [6.45, 7) is 0. The molecule has 5 rings (SSSR count). The van der Waals surface area contributed by atoms with E-state index in [1.54, 1.807) is 6.20 Å². The lowest BCUT2D eigenvalue weighted by Crippen LogP contribution is -2.38. The van der Waals surface area contributed by atoms with E-state index in [2.05, 4.69) is 49.1 Å². The average molecular weight is 424 g/mol. The molecular weight excluding hydrogens is 402 g/mol. The largest absolute Gasteiger partial charge is 0.352 e. The highest BCUT2D eigenvalue weighted by Crippen LogP contribution is 2.43. The second-order valence-corrected chi connectivity index (χ2v) is 8.43. The van der Waals surface area contributed by atoms with Crippen LogP contribution in [0.15, 0.2) is 61.1 Å².